The van der Waals surface area contributed by atoms with Gasteiger partial charge >= 0.3 is 0 Å². The van der Waals surface area contributed by atoms with Gasteiger partial charge in [-0.1, -0.05) is 127 Å². The Morgan fingerprint density at radius 2 is 0.909 bits per heavy atom. The van der Waals surface area contributed by atoms with Crippen LogP contribution in [0.25, 0.3) is 99.1 Å². The molecule has 256 valence electrons. The van der Waals surface area contributed by atoms with Gasteiger partial charge in [-0.05, 0) is 87.8 Å². The van der Waals surface area contributed by atoms with Crippen molar-refractivity contribution in [2.75, 3.05) is 0 Å². The molecule has 0 radical (unpaired) electrons. The average molecular weight is 701 g/mol. The van der Waals surface area contributed by atoms with Crippen LogP contribution in [0.1, 0.15) is 0 Å². The molecule has 3 heterocycles. The maximum atomic E-state index is 7.01. The topological polar surface area (TPSA) is 19.1 Å². The highest BCUT2D eigenvalue weighted by Gasteiger charge is 2.25. The van der Waals surface area contributed by atoms with Crippen molar-refractivity contribution < 1.29 is 4.74 Å². The lowest BCUT2D eigenvalue weighted by Crippen LogP contribution is -2.01. The zero-order valence-electron chi connectivity index (χ0n) is 29.8. The Balaban J connectivity index is 1.03. The van der Waals surface area contributed by atoms with Crippen LogP contribution in [0.15, 0.2) is 194 Å². The lowest BCUT2D eigenvalue weighted by molar-refractivity contribution is 0.487. The number of hydrogen-bond acceptors (Lipinski definition) is 1. The van der Waals surface area contributed by atoms with Gasteiger partial charge in [0.1, 0.15) is 11.5 Å². The van der Waals surface area contributed by atoms with Crippen molar-refractivity contribution in [3.05, 3.63) is 194 Å². The van der Waals surface area contributed by atoms with E-state index in [-0.39, 0.29) is 0 Å². The van der Waals surface area contributed by atoms with Gasteiger partial charge in [-0.25, -0.2) is 0 Å². The van der Waals surface area contributed by atoms with Crippen molar-refractivity contribution in [1.82, 2.24) is 9.13 Å². The summed E-state index contributed by atoms with van der Waals surface area (Å²) in [7, 11) is 0. The number of hydrogen-bond donors (Lipinski definition) is 0. The summed E-state index contributed by atoms with van der Waals surface area (Å²) in [6, 6.07) is 70.0. The zero-order valence-corrected chi connectivity index (χ0v) is 29.8. The Labute approximate surface area is 317 Å². The summed E-state index contributed by atoms with van der Waals surface area (Å²) in [6.07, 6.45) is 0. The first-order valence-corrected chi connectivity index (χ1v) is 18.8. The predicted octanol–water partition coefficient (Wildman–Crippen LogP) is 14.1. The van der Waals surface area contributed by atoms with Gasteiger partial charge in [-0.2, -0.15) is 0 Å². The zero-order chi connectivity index (χ0) is 36.0. The summed E-state index contributed by atoms with van der Waals surface area (Å²) < 4.78 is 11.8. The van der Waals surface area contributed by atoms with Crippen LogP contribution in [0.2, 0.25) is 0 Å². The number of fused-ring (bicyclic) bond motifs is 9. The Morgan fingerprint density at radius 1 is 0.291 bits per heavy atom. The molecule has 12 rings (SSSR count). The maximum absolute atomic E-state index is 7.01. The van der Waals surface area contributed by atoms with E-state index in [1.165, 1.54) is 65.8 Å². The van der Waals surface area contributed by atoms with Gasteiger partial charge in [0.2, 0.25) is 0 Å². The van der Waals surface area contributed by atoms with Crippen molar-refractivity contribution in [1.29, 1.82) is 0 Å². The normalized spacial score (nSPS) is 12.1. The minimum atomic E-state index is 0.861. The molecule has 0 saturated carbocycles. The van der Waals surface area contributed by atoms with Crippen LogP contribution in [0, 0.1) is 0 Å². The van der Waals surface area contributed by atoms with Crippen LogP contribution < -0.4 is 4.74 Å². The first kappa shape index (κ1) is 30.1. The number of benzene rings is 9. The molecule has 2 aromatic heterocycles. The Morgan fingerprint density at radius 3 is 1.75 bits per heavy atom. The number of ether oxygens (including phenoxy) is 1. The van der Waals surface area contributed by atoms with E-state index < -0.39 is 0 Å². The fourth-order valence-electron chi connectivity index (χ4n) is 9.08. The molecule has 9 aromatic carbocycles. The second-order valence-corrected chi connectivity index (χ2v) is 14.5. The molecule has 0 amide bonds. The van der Waals surface area contributed by atoms with Crippen LogP contribution in [-0.4, -0.2) is 9.13 Å². The van der Waals surface area contributed by atoms with Crippen molar-refractivity contribution in [3.8, 4) is 56.3 Å². The molecule has 0 saturated heterocycles. The Kier molecular flexibility index (Phi) is 6.34. The third-order valence-corrected chi connectivity index (χ3v) is 11.5. The van der Waals surface area contributed by atoms with Gasteiger partial charge in [0.15, 0.2) is 0 Å². The summed E-state index contributed by atoms with van der Waals surface area (Å²) in [5, 5.41) is 7.31. The molecule has 0 aliphatic carbocycles. The Hall–Kier alpha value is -7.36. The molecule has 3 heteroatoms. The van der Waals surface area contributed by atoms with E-state index >= 15 is 0 Å². The van der Waals surface area contributed by atoms with Crippen molar-refractivity contribution in [3.63, 3.8) is 0 Å². The van der Waals surface area contributed by atoms with Crippen molar-refractivity contribution in [2.45, 2.75) is 0 Å². The monoisotopic (exact) mass is 700 g/mol. The van der Waals surface area contributed by atoms with E-state index in [4.69, 9.17) is 4.74 Å². The van der Waals surface area contributed by atoms with Crippen molar-refractivity contribution >= 4 is 54.4 Å². The van der Waals surface area contributed by atoms with Gasteiger partial charge in [0.25, 0.3) is 0 Å². The van der Waals surface area contributed by atoms with Gasteiger partial charge in [-0.3, -0.25) is 0 Å². The summed E-state index contributed by atoms with van der Waals surface area (Å²) >= 11 is 0. The second-order valence-electron chi connectivity index (χ2n) is 14.5. The van der Waals surface area contributed by atoms with E-state index in [2.05, 4.69) is 203 Å². The molecule has 0 unspecified atom stereocenters. The van der Waals surface area contributed by atoms with Crippen LogP contribution in [0.3, 0.4) is 0 Å². The van der Waals surface area contributed by atoms with Gasteiger partial charge in [0, 0.05) is 56.0 Å². The van der Waals surface area contributed by atoms with Crippen LogP contribution in [0.5, 0.6) is 11.5 Å². The van der Waals surface area contributed by atoms with Crippen molar-refractivity contribution in [2.24, 2.45) is 0 Å². The van der Waals surface area contributed by atoms with Crippen LogP contribution in [0.4, 0.5) is 0 Å². The third kappa shape index (κ3) is 4.44. The van der Waals surface area contributed by atoms with Gasteiger partial charge < -0.3 is 13.9 Å². The second kappa shape index (κ2) is 11.6. The molecule has 0 bridgehead atoms. The summed E-state index contributed by atoms with van der Waals surface area (Å²) in [4.78, 5) is 0. The third-order valence-electron chi connectivity index (χ3n) is 11.5. The first-order valence-electron chi connectivity index (χ1n) is 18.8. The molecule has 0 atom stereocenters. The number of nitrogens with zero attached hydrogens (tertiary/aromatic N) is 2. The molecular formula is C52H32N2O. The molecule has 0 spiro atoms. The molecule has 55 heavy (non-hydrogen) atoms. The minimum absolute atomic E-state index is 0.861. The highest BCUT2D eigenvalue weighted by molar-refractivity contribution is 6.25. The quantitative estimate of drug-likeness (QED) is 0.179. The van der Waals surface area contributed by atoms with E-state index in [0.29, 0.717) is 0 Å². The standard InChI is InChI=1S/C52H32N2O/c1-3-13-33(14-4-1)34-15-11-16-35(29-34)36-25-28-47-44(30-36)39-19-7-9-23-45(39)54(47)38-26-27-40-41-21-12-22-43-51-42-20-8-10-24-46(42)53(37-17-5-2-6-18-37)48(51)32-50(52(41)43)55-49(40)31-38/h1-32H. The lowest BCUT2D eigenvalue weighted by atomic mass is 9.92. The SMILES string of the molecule is c1ccc(-c2cccc(-c3ccc4c(c3)c3ccccc3n4-c3ccc4c(c3)Oc3cc5c(c6cccc-4c36)c3ccccc3n5-c3ccccc3)c2)cc1. The Bertz CT molecular complexity index is 3330. The first-order chi connectivity index (χ1) is 27.3. The van der Waals surface area contributed by atoms with Crippen LogP contribution >= 0.6 is 0 Å². The highest BCUT2D eigenvalue weighted by Crippen LogP contribution is 2.51. The smallest absolute Gasteiger partial charge is 0.138 e. The fourth-order valence-corrected chi connectivity index (χ4v) is 9.08. The van der Waals surface area contributed by atoms with Crippen LogP contribution in [-0.2, 0) is 0 Å². The number of para-hydroxylation sites is 3. The van der Waals surface area contributed by atoms with Gasteiger partial charge in [0.05, 0.1) is 22.1 Å². The highest BCUT2D eigenvalue weighted by atomic mass is 16.5. The predicted molar refractivity (Wildman–Crippen MR) is 229 cm³/mol. The number of aromatic nitrogens is 2. The molecule has 1 aliphatic rings. The average Bonchev–Trinajstić information content (AvgIpc) is 3.77. The summed E-state index contributed by atoms with van der Waals surface area (Å²) in [6.45, 7) is 0. The van der Waals surface area contributed by atoms with Gasteiger partial charge in [-0.15, -0.1) is 0 Å². The summed E-state index contributed by atoms with van der Waals surface area (Å²) in [5.74, 6) is 1.74. The molecule has 11 aromatic rings. The largest absolute Gasteiger partial charge is 0.456 e. The molecule has 1 aliphatic heterocycles. The minimum Gasteiger partial charge on any atom is -0.456 e. The molecular weight excluding hydrogens is 669 g/mol. The molecule has 0 N–H and O–H groups in total. The van der Waals surface area contributed by atoms with E-state index in [9.17, 15) is 0 Å². The van der Waals surface area contributed by atoms with E-state index in [1.807, 2.05) is 0 Å². The molecule has 0 fully saturated rings. The van der Waals surface area contributed by atoms with E-state index in [0.717, 1.165) is 44.9 Å². The number of rotatable bonds is 4. The maximum Gasteiger partial charge on any atom is 0.138 e. The van der Waals surface area contributed by atoms with E-state index in [1.54, 1.807) is 0 Å². The summed E-state index contributed by atoms with van der Waals surface area (Å²) in [5.41, 5.74) is 14.0. The lowest BCUT2D eigenvalue weighted by Gasteiger charge is -2.23. The fraction of sp³-hybridized carbons (Fsp3) is 0. The molecule has 3 nitrogen and oxygen atoms in total.